The van der Waals surface area contributed by atoms with E-state index in [2.05, 4.69) is 24.3 Å². The number of nitrogens with zero attached hydrogens (tertiary/aromatic N) is 1. The van der Waals surface area contributed by atoms with Gasteiger partial charge in [-0.3, -0.25) is 0 Å². The van der Waals surface area contributed by atoms with Crippen molar-refractivity contribution in [3.63, 3.8) is 0 Å². The van der Waals surface area contributed by atoms with Crippen LogP contribution in [-0.2, 0) is 0 Å². The number of hydrogen-bond acceptors (Lipinski definition) is 2. The Kier molecular flexibility index (Phi) is 4.26. The fourth-order valence-corrected chi connectivity index (χ4v) is 3.45. The largest absolute Gasteiger partial charge is 0.319 e. The van der Waals surface area contributed by atoms with Gasteiger partial charge < -0.3 is 10.2 Å². The molecule has 0 atom stereocenters. The van der Waals surface area contributed by atoms with Crippen LogP contribution in [0.25, 0.3) is 0 Å². The Bertz CT molecular complexity index is 199. The van der Waals surface area contributed by atoms with Crippen molar-refractivity contribution in [1.82, 2.24) is 10.2 Å². The van der Waals surface area contributed by atoms with Gasteiger partial charge in [-0.05, 0) is 51.1 Å². The summed E-state index contributed by atoms with van der Waals surface area (Å²) in [6.07, 6.45) is 10.2. The molecule has 0 spiro atoms. The third kappa shape index (κ3) is 3.46. The smallest absolute Gasteiger partial charge is 0.00472 e. The lowest BCUT2D eigenvalue weighted by Crippen LogP contribution is -2.44. The molecule has 16 heavy (non-hydrogen) atoms. The Labute approximate surface area is 101 Å². The predicted octanol–water partition coefficient (Wildman–Crippen LogP) is 2.50. The van der Waals surface area contributed by atoms with Crippen molar-refractivity contribution in [2.45, 2.75) is 44.9 Å². The molecular formula is C14H28N2. The average molecular weight is 224 g/mol. The summed E-state index contributed by atoms with van der Waals surface area (Å²) in [4.78, 5) is 2.60. The van der Waals surface area contributed by atoms with Crippen molar-refractivity contribution in [3.05, 3.63) is 0 Å². The average Bonchev–Trinajstić information content (AvgIpc) is 3.03. The second-order valence-electron chi connectivity index (χ2n) is 6.23. The van der Waals surface area contributed by atoms with E-state index in [-0.39, 0.29) is 0 Å². The second kappa shape index (κ2) is 5.50. The Morgan fingerprint density at radius 2 is 1.88 bits per heavy atom. The Morgan fingerprint density at radius 3 is 2.44 bits per heavy atom. The van der Waals surface area contributed by atoms with Crippen molar-refractivity contribution in [3.8, 4) is 0 Å². The summed E-state index contributed by atoms with van der Waals surface area (Å²) >= 11 is 0. The van der Waals surface area contributed by atoms with Crippen molar-refractivity contribution >= 4 is 0 Å². The molecule has 2 aliphatic rings. The molecule has 2 saturated carbocycles. The van der Waals surface area contributed by atoms with Crippen LogP contribution in [0.4, 0.5) is 0 Å². The van der Waals surface area contributed by atoms with Gasteiger partial charge in [0.1, 0.15) is 0 Å². The first-order chi connectivity index (χ1) is 7.74. The molecule has 2 fully saturated rings. The summed E-state index contributed by atoms with van der Waals surface area (Å²) in [6, 6.07) is 0. The highest BCUT2D eigenvalue weighted by Crippen LogP contribution is 2.37. The molecule has 2 rings (SSSR count). The molecule has 0 aromatic heterocycles. The van der Waals surface area contributed by atoms with E-state index in [9.17, 15) is 0 Å². The van der Waals surface area contributed by atoms with Gasteiger partial charge in [0, 0.05) is 19.6 Å². The van der Waals surface area contributed by atoms with Gasteiger partial charge in [-0.15, -0.1) is 0 Å². The maximum absolute atomic E-state index is 3.43. The van der Waals surface area contributed by atoms with Gasteiger partial charge in [0.2, 0.25) is 0 Å². The predicted molar refractivity (Wildman–Crippen MR) is 69.7 cm³/mol. The lowest BCUT2D eigenvalue weighted by molar-refractivity contribution is 0.117. The van der Waals surface area contributed by atoms with E-state index in [0.717, 1.165) is 5.92 Å². The van der Waals surface area contributed by atoms with E-state index in [1.54, 1.807) is 0 Å². The zero-order valence-corrected chi connectivity index (χ0v) is 11.1. The maximum Gasteiger partial charge on any atom is 0.00472 e. The molecule has 2 aliphatic carbocycles. The van der Waals surface area contributed by atoms with Crippen molar-refractivity contribution in [1.29, 1.82) is 0 Å². The number of hydrogen-bond donors (Lipinski definition) is 1. The molecule has 0 unspecified atom stereocenters. The van der Waals surface area contributed by atoms with Crippen LogP contribution in [0.15, 0.2) is 0 Å². The first kappa shape index (κ1) is 12.4. The van der Waals surface area contributed by atoms with Crippen LogP contribution in [0, 0.1) is 11.3 Å². The molecule has 0 saturated heterocycles. The van der Waals surface area contributed by atoms with Crippen molar-refractivity contribution in [2.75, 3.05) is 33.7 Å². The SMILES string of the molecule is CNCC1(CN(C)CC2CC2)CCCCC1. The van der Waals surface area contributed by atoms with Gasteiger partial charge in [0.25, 0.3) is 0 Å². The van der Waals surface area contributed by atoms with E-state index in [1.165, 1.54) is 64.6 Å². The first-order valence-electron chi connectivity index (χ1n) is 7.07. The lowest BCUT2D eigenvalue weighted by Gasteiger charge is -2.40. The Morgan fingerprint density at radius 1 is 1.19 bits per heavy atom. The van der Waals surface area contributed by atoms with E-state index >= 15 is 0 Å². The molecule has 0 radical (unpaired) electrons. The molecule has 0 aliphatic heterocycles. The quantitative estimate of drug-likeness (QED) is 0.746. The minimum absolute atomic E-state index is 0.580. The first-order valence-corrected chi connectivity index (χ1v) is 7.07. The molecule has 0 bridgehead atoms. The zero-order valence-electron chi connectivity index (χ0n) is 11.1. The summed E-state index contributed by atoms with van der Waals surface area (Å²) < 4.78 is 0. The topological polar surface area (TPSA) is 15.3 Å². The molecule has 0 aromatic carbocycles. The van der Waals surface area contributed by atoms with E-state index < -0.39 is 0 Å². The molecule has 0 heterocycles. The highest BCUT2D eigenvalue weighted by Gasteiger charge is 2.33. The molecule has 2 heteroatoms. The van der Waals surface area contributed by atoms with Crippen LogP contribution in [0.1, 0.15) is 44.9 Å². The summed E-state index contributed by atoms with van der Waals surface area (Å²) in [7, 11) is 4.43. The van der Waals surface area contributed by atoms with Crippen molar-refractivity contribution < 1.29 is 0 Å². The van der Waals surface area contributed by atoms with Crippen LogP contribution < -0.4 is 5.32 Å². The van der Waals surface area contributed by atoms with E-state index in [0.29, 0.717) is 5.41 Å². The van der Waals surface area contributed by atoms with Gasteiger partial charge in [-0.25, -0.2) is 0 Å². The third-order valence-electron chi connectivity index (χ3n) is 4.34. The van der Waals surface area contributed by atoms with Crippen LogP contribution in [-0.4, -0.2) is 38.6 Å². The molecule has 94 valence electrons. The summed E-state index contributed by atoms with van der Waals surface area (Å²) in [5.41, 5.74) is 0.580. The van der Waals surface area contributed by atoms with Gasteiger partial charge >= 0.3 is 0 Å². The third-order valence-corrected chi connectivity index (χ3v) is 4.34. The van der Waals surface area contributed by atoms with Crippen molar-refractivity contribution in [2.24, 2.45) is 11.3 Å². The fourth-order valence-electron chi connectivity index (χ4n) is 3.45. The highest BCUT2D eigenvalue weighted by molar-refractivity contribution is 4.88. The molecule has 0 amide bonds. The fraction of sp³-hybridized carbons (Fsp3) is 1.00. The van der Waals surface area contributed by atoms with Gasteiger partial charge in [-0.2, -0.15) is 0 Å². The van der Waals surface area contributed by atoms with E-state index in [1.807, 2.05) is 0 Å². The van der Waals surface area contributed by atoms with Crippen LogP contribution in [0.2, 0.25) is 0 Å². The molecule has 2 nitrogen and oxygen atoms in total. The van der Waals surface area contributed by atoms with Gasteiger partial charge in [-0.1, -0.05) is 19.3 Å². The standard InChI is InChI=1S/C14H28N2/c1-15-11-14(8-4-3-5-9-14)12-16(2)10-13-6-7-13/h13,15H,3-12H2,1-2H3. The van der Waals surface area contributed by atoms with Gasteiger partial charge in [0.05, 0.1) is 0 Å². The lowest BCUT2D eigenvalue weighted by atomic mass is 9.73. The Hall–Kier alpha value is -0.0800. The molecular weight excluding hydrogens is 196 g/mol. The molecule has 1 N–H and O–H groups in total. The number of rotatable bonds is 6. The Balaban J connectivity index is 1.84. The summed E-state index contributed by atoms with van der Waals surface area (Å²) in [5.74, 6) is 1.03. The minimum Gasteiger partial charge on any atom is -0.319 e. The second-order valence-corrected chi connectivity index (χ2v) is 6.23. The zero-order chi connectivity index (χ0) is 11.4. The maximum atomic E-state index is 3.43. The molecule has 0 aromatic rings. The normalized spacial score (nSPS) is 24.9. The van der Waals surface area contributed by atoms with Crippen LogP contribution >= 0.6 is 0 Å². The number of nitrogens with one attached hydrogen (secondary N) is 1. The van der Waals surface area contributed by atoms with Crippen LogP contribution in [0.5, 0.6) is 0 Å². The summed E-state index contributed by atoms with van der Waals surface area (Å²) in [5, 5.41) is 3.43. The summed E-state index contributed by atoms with van der Waals surface area (Å²) in [6.45, 7) is 3.86. The van der Waals surface area contributed by atoms with Crippen LogP contribution in [0.3, 0.4) is 0 Å². The monoisotopic (exact) mass is 224 g/mol. The van der Waals surface area contributed by atoms with E-state index in [4.69, 9.17) is 0 Å². The minimum atomic E-state index is 0.580. The highest BCUT2D eigenvalue weighted by atomic mass is 15.1. The van der Waals surface area contributed by atoms with Gasteiger partial charge in [0.15, 0.2) is 0 Å².